The SMILES string of the molecule is CCCCSC(CSCC(SCCCC)(C(c1ccccc1)c1ccccc1)N(C)C)(C(c1ccccc1)c1ccccc1)N(C)C. The van der Waals surface area contributed by atoms with Crippen LogP contribution in [0.5, 0.6) is 0 Å². The zero-order chi connectivity index (χ0) is 33.5. The molecule has 2 unspecified atom stereocenters. The predicted octanol–water partition coefficient (Wildman–Crippen LogP) is 11.0. The molecule has 0 aromatic heterocycles. The van der Waals surface area contributed by atoms with E-state index in [1.165, 1.54) is 47.9 Å². The number of unbranched alkanes of at least 4 members (excludes halogenated alkanes) is 2. The zero-order valence-electron chi connectivity index (χ0n) is 29.5. The Labute approximate surface area is 299 Å². The normalized spacial score (nSPS) is 14.5. The molecule has 0 saturated heterocycles. The number of benzene rings is 4. The summed E-state index contributed by atoms with van der Waals surface area (Å²) in [5.41, 5.74) is 5.55. The number of likely N-dealkylation sites (N-methyl/N-ethyl adjacent to an activating group) is 2. The zero-order valence-corrected chi connectivity index (χ0v) is 31.9. The van der Waals surface area contributed by atoms with E-state index in [4.69, 9.17) is 0 Å². The maximum absolute atomic E-state index is 2.54. The number of nitrogens with zero attached hydrogens (tertiary/aromatic N) is 2. The van der Waals surface area contributed by atoms with E-state index in [0.717, 1.165) is 23.0 Å². The van der Waals surface area contributed by atoms with E-state index in [1.807, 2.05) is 0 Å². The summed E-state index contributed by atoms with van der Waals surface area (Å²) >= 11 is 6.48. The predicted molar refractivity (Wildman–Crippen MR) is 214 cm³/mol. The average molecular weight is 685 g/mol. The van der Waals surface area contributed by atoms with Crippen LogP contribution in [0.3, 0.4) is 0 Å². The van der Waals surface area contributed by atoms with Crippen LogP contribution in [-0.2, 0) is 0 Å². The molecule has 5 heteroatoms. The summed E-state index contributed by atoms with van der Waals surface area (Å²) in [6.45, 7) is 4.62. The van der Waals surface area contributed by atoms with Crippen molar-refractivity contribution < 1.29 is 0 Å². The van der Waals surface area contributed by atoms with Gasteiger partial charge in [0.05, 0.1) is 9.74 Å². The first kappa shape index (κ1) is 37.7. The monoisotopic (exact) mass is 684 g/mol. The average Bonchev–Trinajstić information content (AvgIpc) is 3.10. The Morgan fingerprint density at radius 3 is 0.979 bits per heavy atom. The molecule has 2 atom stereocenters. The van der Waals surface area contributed by atoms with Gasteiger partial charge in [0.15, 0.2) is 0 Å². The molecule has 0 fully saturated rings. The molecular formula is C42H56N2S3. The Hall–Kier alpha value is -2.15. The van der Waals surface area contributed by atoms with Crippen LogP contribution in [0.1, 0.15) is 73.6 Å². The van der Waals surface area contributed by atoms with Crippen LogP contribution in [-0.4, -0.2) is 70.7 Å². The fourth-order valence-corrected chi connectivity index (χ4v) is 12.3. The molecular weight excluding hydrogens is 629 g/mol. The minimum atomic E-state index is -0.135. The first-order chi connectivity index (χ1) is 22.9. The standard InChI is InChI=1S/C42H56N2S3/c1-7-9-31-46-41(43(3)4,39(35-23-15-11-16-24-35)36-25-17-12-18-26-36)33-45-34-42(44(5)6,47-32-10-8-2)40(37-27-19-13-20-28-37)38-29-21-14-22-30-38/h11-30,39-40H,7-10,31-34H2,1-6H3. The van der Waals surface area contributed by atoms with Crippen LogP contribution in [0.4, 0.5) is 0 Å². The van der Waals surface area contributed by atoms with Gasteiger partial charge >= 0.3 is 0 Å². The molecule has 4 aromatic carbocycles. The quantitative estimate of drug-likeness (QED) is 0.0673. The van der Waals surface area contributed by atoms with Crippen molar-refractivity contribution in [3.8, 4) is 0 Å². The van der Waals surface area contributed by atoms with Crippen LogP contribution in [0.15, 0.2) is 121 Å². The second kappa shape index (κ2) is 19.1. The summed E-state index contributed by atoms with van der Waals surface area (Å²) in [6.07, 6.45) is 4.86. The second-order valence-electron chi connectivity index (χ2n) is 12.9. The molecule has 0 aliphatic carbocycles. The third kappa shape index (κ3) is 9.51. The largest absolute Gasteiger partial charge is 0.294 e. The van der Waals surface area contributed by atoms with E-state index in [0.29, 0.717) is 0 Å². The molecule has 0 saturated carbocycles. The highest BCUT2D eigenvalue weighted by molar-refractivity contribution is 8.05. The molecule has 0 radical (unpaired) electrons. The van der Waals surface area contributed by atoms with Gasteiger partial charge in [-0.25, -0.2) is 0 Å². The number of thioether (sulfide) groups is 3. The van der Waals surface area contributed by atoms with Crippen molar-refractivity contribution in [1.82, 2.24) is 9.80 Å². The minimum absolute atomic E-state index is 0.135. The third-order valence-corrected chi connectivity index (χ3v) is 14.4. The lowest BCUT2D eigenvalue weighted by Gasteiger charge is -2.49. The smallest absolute Gasteiger partial charge is 0.0866 e. The Morgan fingerprint density at radius 1 is 0.468 bits per heavy atom. The van der Waals surface area contributed by atoms with Crippen LogP contribution >= 0.6 is 35.3 Å². The molecule has 252 valence electrons. The summed E-state index contributed by atoms with van der Waals surface area (Å²) in [5.74, 6) is 4.79. The van der Waals surface area contributed by atoms with E-state index >= 15 is 0 Å². The van der Waals surface area contributed by atoms with Crippen LogP contribution in [0.25, 0.3) is 0 Å². The molecule has 0 aliphatic rings. The first-order valence-electron chi connectivity index (χ1n) is 17.3. The summed E-state index contributed by atoms with van der Waals surface area (Å²) in [7, 11) is 9.24. The van der Waals surface area contributed by atoms with Crippen LogP contribution in [0.2, 0.25) is 0 Å². The highest BCUT2D eigenvalue weighted by Crippen LogP contribution is 2.51. The number of hydrogen-bond acceptors (Lipinski definition) is 5. The van der Waals surface area contributed by atoms with E-state index in [-0.39, 0.29) is 21.6 Å². The second-order valence-corrected chi connectivity index (χ2v) is 16.7. The van der Waals surface area contributed by atoms with E-state index < -0.39 is 0 Å². The highest BCUT2D eigenvalue weighted by atomic mass is 32.2. The van der Waals surface area contributed by atoms with Gasteiger partial charge in [-0.2, -0.15) is 11.8 Å². The van der Waals surface area contributed by atoms with Gasteiger partial charge < -0.3 is 0 Å². The number of hydrogen-bond donors (Lipinski definition) is 0. The van der Waals surface area contributed by atoms with Crippen molar-refractivity contribution in [1.29, 1.82) is 0 Å². The molecule has 47 heavy (non-hydrogen) atoms. The molecule has 0 spiro atoms. The highest BCUT2D eigenvalue weighted by Gasteiger charge is 2.47. The number of rotatable bonds is 20. The Kier molecular flexibility index (Phi) is 15.3. The van der Waals surface area contributed by atoms with Crippen molar-refractivity contribution in [2.75, 3.05) is 51.2 Å². The van der Waals surface area contributed by atoms with Crippen molar-refractivity contribution in [2.24, 2.45) is 0 Å². The maximum atomic E-state index is 2.54. The van der Waals surface area contributed by atoms with E-state index in [2.05, 4.69) is 208 Å². The fourth-order valence-electron chi connectivity index (χ4n) is 6.59. The molecule has 0 N–H and O–H groups in total. The van der Waals surface area contributed by atoms with Crippen LogP contribution < -0.4 is 0 Å². The molecule has 0 bridgehead atoms. The van der Waals surface area contributed by atoms with Crippen molar-refractivity contribution in [3.05, 3.63) is 144 Å². The minimum Gasteiger partial charge on any atom is -0.294 e. The van der Waals surface area contributed by atoms with Gasteiger partial charge in [-0.3, -0.25) is 9.80 Å². The molecule has 4 aromatic rings. The summed E-state index contributed by atoms with van der Waals surface area (Å²) in [4.78, 5) is 4.81. The van der Waals surface area contributed by atoms with Gasteiger partial charge in [0, 0.05) is 23.3 Å². The maximum Gasteiger partial charge on any atom is 0.0866 e. The van der Waals surface area contributed by atoms with Crippen molar-refractivity contribution in [2.45, 2.75) is 61.1 Å². The topological polar surface area (TPSA) is 6.48 Å². The van der Waals surface area contributed by atoms with Gasteiger partial charge in [0.1, 0.15) is 0 Å². The first-order valence-corrected chi connectivity index (χ1v) is 20.4. The Morgan fingerprint density at radius 2 is 0.745 bits per heavy atom. The third-order valence-electron chi connectivity index (χ3n) is 9.27. The van der Waals surface area contributed by atoms with Gasteiger partial charge in [0.2, 0.25) is 0 Å². The molecule has 4 rings (SSSR count). The van der Waals surface area contributed by atoms with Gasteiger partial charge in [-0.15, -0.1) is 23.5 Å². The van der Waals surface area contributed by atoms with Crippen LogP contribution in [0, 0.1) is 0 Å². The lowest BCUT2D eigenvalue weighted by atomic mass is 9.84. The van der Waals surface area contributed by atoms with Crippen molar-refractivity contribution in [3.63, 3.8) is 0 Å². The molecule has 0 amide bonds. The Balaban J connectivity index is 1.82. The van der Waals surface area contributed by atoms with E-state index in [1.54, 1.807) is 0 Å². The van der Waals surface area contributed by atoms with Gasteiger partial charge in [-0.05, 0) is 74.8 Å². The lowest BCUT2D eigenvalue weighted by Crippen LogP contribution is -2.52. The molecule has 0 aliphatic heterocycles. The Bertz CT molecular complexity index is 1210. The fraction of sp³-hybridized carbons (Fsp3) is 0.429. The van der Waals surface area contributed by atoms with Crippen molar-refractivity contribution >= 4 is 35.3 Å². The summed E-state index contributed by atoms with van der Waals surface area (Å²) in [5, 5.41) is 0. The molecule has 2 nitrogen and oxygen atoms in total. The summed E-state index contributed by atoms with van der Waals surface area (Å²) in [6, 6.07) is 45.0. The molecule has 0 heterocycles. The van der Waals surface area contributed by atoms with E-state index in [9.17, 15) is 0 Å². The lowest BCUT2D eigenvalue weighted by molar-refractivity contribution is 0.251. The van der Waals surface area contributed by atoms with Gasteiger partial charge in [-0.1, -0.05) is 148 Å². The van der Waals surface area contributed by atoms with Gasteiger partial charge in [0.25, 0.3) is 0 Å². The summed E-state index contributed by atoms with van der Waals surface area (Å²) < 4.78 is 0.